The van der Waals surface area contributed by atoms with Crippen molar-refractivity contribution < 1.29 is 14.0 Å². The standard InChI is InChI=1S/C20H21ClFN5O2S/c1-2-3-9-26-19(29)18-15(8-10-30-18)27-16(24-25-20(26)27)6-7-17(28)23-12-4-5-14(22)13(21)11-12/h4-5,8,10-11,20,25H,2-3,6-7,9H2,1H3,(H,23,28). The number of anilines is 2. The van der Waals surface area contributed by atoms with E-state index in [4.69, 9.17) is 11.6 Å². The maximum atomic E-state index is 13.3. The summed E-state index contributed by atoms with van der Waals surface area (Å²) in [5, 5.41) is 8.97. The molecule has 1 aromatic heterocycles. The minimum absolute atomic E-state index is 0.00424. The lowest BCUT2D eigenvalue weighted by atomic mass is 10.2. The van der Waals surface area contributed by atoms with Crippen molar-refractivity contribution in [2.24, 2.45) is 5.10 Å². The predicted octanol–water partition coefficient (Wildman–Crippen LogP) is 4.22. The van der Waals surface area contributed by atoms with Gasteiger partial charge >= 0.3 is 0 Å². The number of fused-ring (bicyclic) bond motifs is 3. The number of halogens is 2. The molecule has 10 heteroatoms. The van der Waals surface area contributed by atoms with E-state index >= 15 is 0 Å². The van der Waals surface area contributed by atoms with Crippen LogP contribution in [0.3, 0.4) is 0 Å². The maximum absolute atomic E-state index is 13.3. The highest BCUT2D eigenvalue weighted by Gasteiger charge is 2.43. The molecule has 3 heterocycles. The van der Waals surface area contributed by atoms with Crippen molar-refractivity contribution in [3.63, 3.8) is 0 Å². The van der Waals surface area contributed by atoms with Crippen LogP contribution in [0.1, 0.15) is 42.3 Å². The SMILES string of the molecule is CCCCN1C(=O)c2sccc2N2C(CCC(=O)Nc3ccc(F)c(Cl)c3)=NNC12. The predicted molar refractivity (Wildman–Crippen MR) is 116 cm³/mol. The van der Waals surface area contributed by atoms with E-state index < -0.39 is 5.82 Å². The first-order chi connectivity index (χ1) is 14.5. The summed E-state index contributed by atoms with van der Waals surface area (Å²) in [4.78, 5) is 29.7. The summed E-state index contributed by atoms with van der Waals surface area (Å²) in [7, 11) is 0. The van der Waals surface area contributed by atoms with Gasteiger partial charge in [0.1, 0.15) is 16.5 Å². The smallest absolute Gasteiger partial charge is 0.269 e. The van der Waals surface area contributed by atoms with Crippen LogP contribution in [0.2, 0.25) is 5.02 Å². The van der Waals surface area contributed by atoms with Crippen LogP contribution in [-0.4, -0.2) is 35.4 Å². The number of carbonyl (C=O) groups is 2. The van der Waals surface area contributed by atoms with E-state index in [1.807, 2.05) is 16.3 Å². The third-order valence-electron chi connectivity index (χ3n) is 5.02. The van der Waals surface area contributed by atoms with Crippen molar-refractivity contribution in [1.82, 2.24) is 10.3 Å². The van der Waals surface area contributed by atoms with E-state index in [1.54, 1.807) is 4.90 Å². The Bertz CT molecular complexity index is 1010. The highest BCUT2D eigenvalue weighted by molar-refractivity contribution is 7.12. The van der Waals surface area contributed by atoms with E-state index in [2.05, 4.69) is 22.8 Å². The summed E-state index contributed by atoms with van der Waals surface area (Å²) in [6, 6.07) is 5.95. The quantitative estimate of drug-likeness (QED) is 0.663. The average molecular weight is 450 g/mol. The first kappa shape index (κ1) is 20.6. The van der Waals surface area contributed by atoms with Crippen LogP contribution in [0.4, 0.5) is 15.8 Å². The fourth-order valence-electron chi connectivity index (χ4n) is 3.51. The molecule has 1 unspecified atom stereocenters. The fourth-order valence-corrected chi connectivity index (χ4v) is 4.53. The Kier molecular flexibility index (Phi) is 5.92. The molecule has 0 aliphatic carbocycles. The molecule has 7 nitrogen and oxygen atoms in total. The number of benzene rings is 1. The zero-order chi connectivity index (χ0) is 21.3. The summed E-state index contributed by atoms with van der Waals surface area (Å²) in [5.74, 6) is -0.0678. The van der Waals surface area contributed by atoms with Crippen molar-refractivity contribution in [1.29, 1.82) is 0 Å². The van der Waals surface area contributed by atoms with Crippen LogP contribution in [0.25, 0.3) is 0 Å². The number of amidine groups is 1. The number of amides is 2. The zero-order valence-corrected chi connectivity index (χ0v) is 17.9. The fraction of sp³-hybridized carbons (Fsp3) is 0.350. The van der Waals surface area contributed by atoms with E-state index in [1.165, 1.54) is 29.5 Å². The monoisotopic (exact) mass is 449 g/mol. The van der Waals surface area contributed by atoms with Gasteiger partial charge in [-0.15, -0.1) is 11.3 Å². The molecule has 4 rings (SSSR count). The molecule has 0 bridgehead atoms. The molecule has 0 spiro atoms. The number of rotatable bonds is 7. The average Bonchev–Trinajstić information content (AvgIpc) is 3.36. The molecule has 2 aliphatic heterocycles. The molecule has 2 aliphatic rings. The Morgan fingerprint density at radius 3 is 3.00 bits per heavy atom. The molecule has 0 fully saturated rings. The van der Waals surface area contributed by atoms with Gasteiger partial charge in [0, 0.05) is 25.1 Å². The Balaban J connectivity index is 1.44. The molecule has 0 radical (unpaired) electrons. The van der Waals surface area contributed by atoms with Crippen molar-refractivity contribution in [2.45, 2.75) is 38.9 Å². The van der Waals surface area contributed by atoms with Crippen molar-refractivity contribution in [3.05, 3.63) is 45.4 Å². The normalized spacial score (nSPS) is 17.4. The molecular weight excluding hydrogens is 429 g/mol. The summed E-state index contributed by atoms with van der Waals surface area (Å²) < 4.78 is 13.3. The first-order valence-corrected chi connectivity index (χ1v) is 11.0. The van der Waals surface area contributed by atoms with Crippen molar-refractivity contribution >= 4 is 52.0 Å². The number of nitrogens with one attached hydrogen (secondary N) is 2. The van der Waals surface area contributed by atoms with E-state index in [0.29, 0.717) is 29.4 Å². The second-order valence-corrected chi connectivity index (χ2v) is 8.39. The van der Waals surface area contributed by atoms with Crippen molar-refractivity contribution in [3.8, 4) is 0 Å². The van der Waals surface area contributed by atoms with E-state index in [9.17, 15) is 14.0 Å². The van der Waals surface area contributed by atoms with Gasteiger partial charge in [0.05, 0.1) is 10.7 Å². The van der Waals surface area contributed by atoms with Crippen molar-refractivity contribution in [2.75, 3.05) is 16.8 Å². The first-order valence-electron chi connectivity index (χ1n) is 9.74. The highest BCUT2D eigenvalue weighted by atomic mass is 35.5. The topological polar surface area (TPSA) is 77.0 Å². The molecule has 1 aromatic carbocycles. The van der Waals surface area contributed by atoms with Crippen LogP contribution >= 0.6 is 22.9 Å². The van der Waals surface area contributed by atoms with Crippen LogP contribution in [0.5, 0.6) is 0 Å². The molecule has 30 heavy (non-hydrogen) atoms. The van der Waals surface area contributed by atoms with Gasteiger partial charge in [-0.25, -0.2) is 4.39 Å². The molecule has 2 aromatic rings. The Morgan fingerprint density at radius 2 is 2.23 bits per heavy atom. The number of carbonyl (C=O) groups excluding carboxylic acids is 2. The lowest BCUT2D eigenvalue weighted by Crippen LogP contribution is -2.58. The second kappa shape index (κ2) is 8.61. The van der Waals surface area contributed by atoms with Gasteiger partial charge in [-0.1, -0.05) is 24.9 Å². The minimum Gasteiger partial charge on any atom is -0.326 e. The molecule has 0 saturated heterocycles. The Labute approximate surface area is 182 Å². The molecular formula is C20H21ClFN5O2S. The number of hydrogen-bond donors (Lipinski definition) is 2. The number of hydrogen-bond acceptors (Lipinski definition) is 6. The van der Waals surface area contributed by atoms with Crippen LogP contribution < -0.4 is 15.6 Å². The summed E-state index contributed by atoms with van der Waals surface area (Å²) in [6.45, 7) is 2.72. The molecule has 2 amide bonds. The van der Waals surface area contributed by atoms with Gasteiger partial charge in [-0.3, -0.25) is 24.8 Å². The third kappa shape index (κ3) is 3.87. The number of thiophene rings is 1. The maximum Gasteiger partial charge on any atom is 0.269 e. The van der Waals surface area contributed by atoms with Gasteiger partial charge in [-0.2, -0.15) is 5.10 Å². The third-order valence-corrected chi connectivity index (χ3v) is 6.20. The van der Waals surface area contributed by atoms with Gasteiger partial charge in [0.25, 0.3) is 5.91 Å². The summed E-state index contributed by atoms with van der Waals surface area (Å²) in [6.07, 6.45) is 2.07. The van der Waals surface area contributed by atoms with Crippen LogP contribution in [0.15, 0.2) is 34.7 Å². The molecule has 158 valence electrons. The largest absolute Gasteiger partial charge is 0.326 e. The number of nitrogens with zero attached hydrogens (tertiary/aromatic N) is 3. The van der Waals surface area contributed by atoms with Gasteiger partial charge in [0.2, 0.25) is 12.2 Å². The minimum atomic E-state index is -0.536. The number of unbranched alkanes of at least 4 members (excludes halogenated alkanes) is 1. The summed E-state index contributed by atoms with van der Waals surface area (Å²) >= 11 is 7.17. The summed E-state index contributed by atoms with van der Waals surface area (Å²) in [5.41, 5.74) is 4.30. The Morgan fingerprint density at radius 1 is 1.40 bits per heavy atom. The lowest BCUT2D eigenvalue weighted by molar-refractivity contribution is -0.116. The number of hydrazone groups is 1. The van der Waals surface area contributed by atoms with Crippen LogP contribution in [-0.2, 0) is 4.79 Å². The van der Waals surface area contributed by atoms with Gasteiger partial charge in [-0.05, 0) is 36.1 Å². The molecule has 0 saturated carbocycles. The Hall–Kier alpha value is -2.65. The lowest BCUT2D eigenvalue weighted by Gasteiger charge is -2.39. The molecule has 2 N–H and O–H groups in total. The highest BCUT2D eigenvalue weighted by Crippen LogP contribution is 2.37. The van der Waals surface area contributed by atoms with E-state index in [0.717, 1.165) is 18.5 Å². The second-order valence-electron chi connectivity index (χ2n) is 7.06. The van der Waals surface area contributed by atoms with E-state index in [-0.39, 0.29) is 29.5 Å². The van der Waals surface area contributed by atoms with Gasteiger partial charge in [0.15, 0.2) is 0 Å². The van der Waals surface area contributed by atoms with Gasteiger partial charge < -0.3 is 5.32 Å². The zero-order valence-electron chi connectivity index (χ0n) is 16.3. The molecule has 1 atom stereocenters. The van der Waals surface area contributed by atoms with Crippen LogP contribution in [0, 0.1) is 5.82 Å².